The summed E-state index contributed by atoms with van der Waals surface area (Å²) in [6, 6.07) is 6.68. The minimum absolute atomic E-state index is 0.572. The van der Waals surface area contributed by atoms with Gasteiger partial charge in [-0.25, -0.2) is 0 Å². The minimum Gasteiger partial charge on any atom is -0.310 e. The fraction of sp³-hybridized carbons (Fsp3) is 0.400. The van der Waals surface area contributed by atoms with Gasteiger partial charge in [0.25, 0.3) is 0 Å². The minimum atomic E-state index is 0.572. The van der Waals surface area contributed by atoms with E-state index in [2.05, 4.69) is 18.3 Å². The third-order valence-electron chi connectivity index (χ3n) is 2.43. The van der Waals surface area contributed by atoms with Crippen LogP contribution in [0.15, 0.2) is 18.2 Å². The van der Waals surface area contributed by atoms with Crippen LogP contribution in [0.3, 0.4) is 0 Å². The number of nitrogens with one attached hydrogen (secondary N) is 1. The summed E-state index contributed by atoms with van der Waals surface area (Å²) in [5.74, 6) is 0. The number of benzene rings is 1. The van der Waals surface area contributed by atoms with Crippen molar-refractivity contribution in [2.75, 3.05) is 6.54 Å². The van der Waals surface area contributed by atoms with Crippen LogP contribution in [0.5, 0.6) is 0 Å². The van der Waals surface area contributed by atoms with E-state index in [0.29, 0.717) is 6.04 Å². The lowest BCUT2D eigenvalue weighted by Crippen LogP contribution is -2.35. The molecule has 1 aromatic rings. The first kappa shape index (κ1) is 8.09. The summed E-state index contributed by atoms with van der Waals surface area (Å²) in [5.41, 5.74) is 2.69. The molecule has 1 aromatic carbocycles. The summed E-state index contributed by atoms with van der Waals surface area (Å²) >= 11 is 5.86. The zero-order valence-electron chi connectivity index (χ0n) is 7.10. The number of hydrogen-bond acceptors (Lipinski definition) is 1. The van der Waals surface area contributed by atoms with Crippen LogP contribution in [-0.2, 0) is 0 Å². The third kappa shape index (κ3) is 1.35. The van der Waals surface area contributed by atoms with Crippen LogP contribution in [-0.4, -0.2) is 6.54 Å². The maximum atomic E-state index is 5.86. The van der Waals surface area contributed by atoms with Gasteiger partial charge in [-0.05, 0) is 43.1 Å². The van der Waals surface area contributed by atoms with E-state index in [1.807, 2.05) is 12.1 Å². The quantitative estimate of drug-likeness (QED) is 0.703. The lowest BCUT2D eigenvalue weighted by atomic mass is 9.94. The molecule has 12 heavy (non-hydrogen) atoms. The van der Waals surface area contributed by atoms with Crippen molar-refractivity contribution >= 4 is 11.6 Å². The molecule has 0 unspecified atom stereocenters. The molecule has 0 radical (unpaired) electrons. The summed E-state index contributed by atoms with van der Waals surface area (Å²) in [7, 11) is 0. The number of hydrogen-bond donors (Lipinski definition) is 1. The molecule has 1 aliphatic rings. The highest BCUT2D eigenvalue weighted by atomic mass is 35.5. The largest absolute Gasteiger partial charge is 0.310 e. The Kier molecular flexibility index (Phi) is 2.07. The Hall–Kier alpha value is -0.530. The lowest BCUT2D eigenvalue weighted by molar-refractivity contribution is 0.382. The Morgan fingerprint density at radius 2 is 2.25 bits per heavy atom. The van der Waals surface area contributed by atoms with Crippen LogP contribution < -0.4 is 5.32 Å². The fourth-order valence-corrected chi connectivity index (χ4v) is 1.81. The fourth-order valence-electron chi connectivity index (χ4n) is 1.58. The maximum absolute atomic E-state index is 5.86. The van der Waals surface area contributed by atoms with Gasteiger partial charge in [-0.3, -0.25) is 0 Å². The summed E-state index contributed by atoms with van der Waals surface area (Å²) in [6.45, 7) is 3.26. The Morgan fingerprint density at radius 1 is 1.50 bits per heavy atom. The molecule has 1 nitrogen and oxygen atoms in total. The smallest absolute Gasteiger partial charge is 0.0408 e. The zero-order chi connectivity index (χ0) is 8.55. The monoisotopic (exact) mass is 181 g/mol. The molecule has 64 valence electrons. The van der Waals surface area contributed by atoms with Gasteiger partial charge in [0.05, 0.1) is 0 Å². The van der Waals surface area contributed by atoms with Crippen molar-refractivity contribution in [3.05, 3.63) is 34.3 Å². The van der Waals surface area contributed by atoms with Crippen LogP contribution in [0.4, 0.5) is 0 Å². The highest BCUT2D eigenvalue weighted by molar-refractivity contribution is 6.30. The van der Waals surface area contributed by atoms with Gasteiger partial charge in [-0.2, -0.15) is 0 Å². The van der Waals surface area contributed by atoms with Crippen molar-refractivity contribution < 1.29 is 0 Å². The molecule has 0 spiro atoms. The molecule has 2 heteroatoms. The highest BCUT2D eigenvalue weighted by Gasteiger charge is 2.19. The molecule has 0 saturated carbocycles. The first-order chi connectivity index (χ1) is 5.77. The Balaban J connectivity index is 2.31. The molecular formula is C10H12ClN. The second-order valence-electron chi connectivity index (χ2n) is 3.30. The Morgan fingerprint density at radius 3 is 2.75 bits per heavy atom. The van der Waals surface area contributed by atoms with Crippen molar-refractivity contribution in [2.24, 2.45) is 0 Å². The van der Waals surface area contributed by atoms with Crippen molar-refractivity contribution in [3.8, 4) is 0 Å². The van der Waals surface area contributed by atoms with Crippen molar-refractivity contribution in [1.29, 1.82) is 0 Å². The number of rotatable bonds is 1. The third-order valence-corrected chi connectivity index (χ3v) is 2.67. The zero-order valence-corrected chi connectivity index (χ0v) is 7.86. The van der Waals surface area contributed by atoms with Gasteiger partial charge in [0.1, 0.15) is 0 Å². The number of halogens is 1. The molecule has 1 saturated heterocycles. The molecule has 2 rings (SSSR count). The SMILES string of the molecule is Cc1cc(Cl)ccc1[C@@H]1CCN1. The maximum Gasteiger partial charge on any atom is 0.0408 e. The van der Waals surface area contributed by atoms with Crippen LogP contribution in [0, 0.1) is 6.92 Å². The van der Waals surface area contributed by atoms with Gasteiger partial charge >= 0.3 is 0 Å². The van der Waals surface area contributed by atoms with Gasteiger partial charge in [0.2, 0.25) is 0 Å². The average molecular weight is 182 g/mol. The molecule has 1 fully saturated rings. The van der Waals surface area contributed by atoms with Gasteiger partial charge in [-0.1, -0.05) is 17.7 Å². The van der Waals surface area contributed by atoms with Crippen LogP contribution >= 0.6 is 11.6 Å². The molecular weight excluding hydrogens is 170 g/mol. The standard InChI is InChI=1S/C10H12ClN/c1-7-6-8(11)2-3-9(7)10-4-5-12-10/h2-3,6,10,12H,4-5H2,1H3/t10-/m0/s1. The van der Waals surface area contributed by atoms with E-state index >= 15 is 0 Å². The van der Waals surface area contributed by atoms with Gasteiger partial charge in [-0.15, -0.1) is 0 Å². The molecule has 1 N–H and O–H groups in total. The predicted molar refractivity (Wildman–Crippen MR) is 51.5 cm³/mol. The molecule has 1 heterocycles. The molecule has 0 aliphatic carbocycles. The van der Waals surface area contributed by atoms with E-state index in [1.54, 1.807) is 0 Å². The van der Waals surface area contributed by atoms with Crippen LogP contribution in [0.25, 0.3) is 0 Å². The molecule has 1 aliphatic heterocycles. The number of aryl methyl sites for hydroxylation is 1. The van der Waals surface area contributed by atoms with E-state index in [1.165, 1.54) is 17.5 Å². The summed E-state index contributed by atoms with van der Waals surface area (Å²) < 4.78 is 0. The summed E-state index contributed by atoms with van der Waals surface area (Å²) in [5, 5.41) is 4.21. The molecule has 0 bridgehead atoms. The average Bonchev–Trinajstić information content (AvgIpc) is 1.91. The van der Waals surface area contributed by atoms with E-state index in [0.717, 1.165) is 11.6 Å². The van der Waals surface area contributed by atoms with Crippen LogP contribution in [0.2, 0.25) is 5.02 Å². The molecule has 1 atom stereocenters. The lowest BCUT2D eigenvalue weighted by Gasteiger charge is -2.29. The highest BCUT2D eigenvalue weighted by Crippen LogP contribution is 2.27. The first-order valence-electron chi connectivity index (χ1n) is 4.27. The van der Waals surface area contributed by atoms with Gasteiger partial charge in [0, 0.05) is 11.1 Å². The van der Waals surface area contributed by atoms with E-state index in [-0.39, 0.29) is 0 Å². The Bertz CT molecular complexity index is 292. The predicted octanol–water partition coefficient (Wildman–Crippen LogP) is 2.68. The second-order valence-corrected chi connectivity index (χ2v) is 3.73. The summed E-state index contributed by atoms with van der Waals surface area (Å²) in [4.78, 5) is 0. The van der Waals surface area contributed by atoms with E-state index in [4.69, 9.17) is 11.6 Å². The molecule has 0 amide bonds. The normalized spacial score (nSPS) is 22.0. The van der Waals surface area contributed by atoms with Crippen molar-refractivity contribution in [3.63, 3.8) is 0 Å². The van der Waals surface area contributed by atoms with Crippen molar-refractivity contribution in [2.45, 2.75) is 19.4 Å². The van der Waals surface area contributed by atoms with Gasteiger partial charge < -0.3 is 5.32 Å². The van der Waals surface area contributed by atoms with E-state index in [9.17, 15) is 0 Å². The molecule has 0 aromatic heterocycles. The summed E-state index contributed by atoms with van der Waals surface area (Å²) in [6.07, 6.45) is 1.25. The first-order valence-corrected chi connectivity index (χ1v) is 4.64. The van der Waals surface area contributed by atoms with Gasteiger partial charge in [0.15, 0.2) is 0 Å². The topological polar surface area (TPSA) is 12.0 Å². The second kappa shape index (κ2) is 3.08. The van der Waals surface area contributed by atoms with E-state index < -0.39 is 0 Å². The van der Waals surface area contributed by atoms with Crippen LogP contribution in [0.1, 0.15) is 23.6 Å². The van der Waals surface area contributed by atoms with Crippen molar-refractivity contribution in [1.82, 2.24) is 5.32 Å². The Labute approximate surface area is 77.7 Å².